The van der Waals surface area contributed by atoms with Crippen LogP contribution in [0.4, 0.5) is 5.13 Å². The van der Waals surface area contributed by atoms with Gasteiger partial charge in [-0.15, -0.1) is 0 Å². The van der Waals surface area contributed by atoms with Crippen LogP contribution in [0.15, 0.2) is 23.3 Å². The minimum Gasteiger partial charge on any atom is -0.390 e. The number of hydrogen-bond donors (Lipinski definition) is 3. The number of nitrogens with zero attached hydrogens (tertiary/aromatic N) is 4. The summed E-state index contributed by atoms with van der Waals surface area (Å²) >= 11 is 1.31. The lowest BCUT2D eigenvalue weighted by molar-refractivity contribution is 0.0245. The van der Waals surface area contributed by atoms with Crippen molar-refractivity contribution in [2.24, 2.45) is 5.11 Å². The number of rotatable bonds is 4. The highest BCUT2D eigenvalue weighted by molar-refractivity contribution is 7.22. The van der Waals surface area contributed by atoms with Crippen molar-refractivity contribution >= 4 is 26.7 Å². The molecular formula is C10H11N5O2S. The van der Waals surface area contributed by atoms with Gasteiger partial charge in [0.25, 0.3) is 0 Å². The van der Waals surface area contributed by atoms with Gasteiger partial charge >= 0.3 is 0 Å². The average molecular weight is 265 g/mol. The Morgan fingerprint density at radius 1 is 1.50 bits per heavy atom. The minimum atomic E-state index is -1.14. The number of anilines is 1. The molecule has 0 aliphatic heterocycles. The van der Waals surface area contributed by atoms with E-state index in [4.69, 9.17) is 11.3 Å². The number of nitrogens with two attached hydrogens (primary N) is 1. The third-order valence-electron chi connectivity index (χ3n) is 2.47. The molecule has 18 heavy (non-hydrogen) atoms. The molecule has 2 atom stereocenters. The summed E-state index contributed by atoms with van der Waals surface area (Å²) in [6, 6.07) is 5.10. The maximum absolute atomic E-state index is 9.90. The van der Waals surface area contributed by atoms with E-state index >= 15 is 0 Å². The summed E-state index contributed by atoms with van der Waals surface area (Å²) in [5.41, 5.74) is 15.0. The molecule has 0 fully saturated rings. The van der Waals surface area contributed by atoms with Gasteiger partial charge in [-0.05, 0) is 23.2 Å². The molecule has 0 saturated carbocycles. The first-order chi connectivity index (χ1) is 8.61. The normalized spacial score (nSPS) is 14.1. The van der Waals surface area contributed by atoms with Gasteiger partial charge in [-0.2, -0.15) is 0 Å². The molecule has 0 spiro atoms. The van der Waals surface area contributed by atoms with Crippen LogP contribution < -0.4 is 5.73 Å². The Hall–Kier alpha value is -1.86. The van der Waals surface area contributed by atoms with Crippen LogP contribution in [0.1, 0.15) is 11.7 Å². The van der Waals surface area contributed by atoms with E-state index in [2.05, 4.69) is 15.0 Å². The molecule has 1 heterocycles. The van der Waals surface area contributed by atoms with Crippen molar-refractivity contribution in [3.8, 4) is 0 Å². The average Bonchev–Trinajstić information content (AvgIpc) is 2.73. The molecule has 2 aromatic rings. The van der Waals surface area contributed by atoms with Crippen LogP contribution in [-0.2, 0) is 0 Å². The van der Waals surface area contributed by atoms with E-state index in [9.17, 15) is 10.2 Å². The third-order valence-corrected chi connectivity index (χ3v) is 3.31. The van der Waals surface area contributed by atoms with E-state index in [-0.39, 0.29) is 6.54 Å². The summed E-state index contributed by atoms with van der Waals surface area (Å²) in [6.07, 6.45) is -2.24. The maximum Gasteiger partial charge on any atom is 0.181 e. The molecule has 4 N–H and O–H groups in total. The second kappa shape index (κ2) is 5.19. The number of aliphatic hydroxyl groups excluding tert-OH is 2. The van der Waals surface area contributed by atoms with E-state index < -0.39 is 12.2 Å². The fourth-order valence-electron chi connectivity index (χ4n) is 1.59. The lowest BCUT2D eigenvalue weighted by Crippen LogP contribution is -2.21. The van der Waals surface area contributed by atoms with Crippen molar-refractivity contribution in [1.29, 1.82) is 0 Å². The Balaban J connectivity index is 2.26. The number of hydrogen-bond acceptors (Lipinski definition) is 6. The first kappa shape index (κ1) is 12.6. The highest BCUT2D eigenvalue weighted by Gasteiger charge is 2.18. The molecule has 1 aromatic carbocycles. The third kappa shape index (κ3) is 2.52. The van der Waals surface area contributed by atoms with Gasteiger partial charge in [-0.1, -0.05) is 22.5 Å². The SMILES string of the molecule is [N-]=[N+]=NCC(O)C(O)c1ccc2nc(N)sc2c1. The predicted molar refractivity (Wildman–Crippen MR) is 69.0 cm³/mol. The largest absolute Gasteiger partial charge is 0.390 e. The Kier molecular flexibility index (Phi) is 3.63. The predicted octanol–water partition coefficient (Wildman–Crippen LogP) is 1.58. The molecule has 7 nitrogen and oxygen atoms in total. The molecule has 0 saturated heterocycles. The van der Waals surface area contributed by atoms with Crippen LogP contribution in [-0.4, -0.2) is 27.8 Å². The number of nitrogen functional groups attached to an aromatic ring is 1. The van der Waals surface area contributed by atoms with Crippen LogP contribution in [0.2, 0.25) is 0 Å². The smallest absolute Gasteiger partial charge is 0.181 e. The highest BCUT2D eigenvalue weighted by atomic mass is 32.1. The van der Waals surface area contributed by atoms with E-state index in [1.54, 1.807) is 18.2 Å². The first-order valence-corrected chi connectivity index (χ1v) is 5.96. The number of benzene rings is 1. The van der Waals surface area contributed by atoms with Crippen molar-refractivity contribution in [3.63, 3.8) is 0 Å². The molecule has 0 aliphatic rings. The molecule has 0 bridgehead atoms. The lowest BCUT2D eigenvalue weighted by Gasteiger charge is -2.15. The van der Waals surface area contributed by atoms with Crippen LogP contribution >= 0.6 is 11.3 Å². The van der Waals surface area contributed by atoms with Crippen molar-refractivity contribution < 1.29 is 10.2 Å². The number of aliphatic hydroxyl groups is 2. The van der Waals surface area contributed by atoms with Crippen LogP contribution in [0.3, 0.4) is 0 Å². The zero-order valence-electron chi connectivity index (χ0n) is 9.26. The van der Waals surface area contributed by atoms with Crippen molar-refractivity contribution in [2.75, 3.05) is 12.3 Å². The molecule has 0 radical (unpaired) electrons. The fraction of sp³-hybridized carbons (Fsp3) is 0.300. The maximum atomic E-state index is 9.90. The monoisotopic (exact) mass is 265 g/mol. The molecule has 1 aromatic heterocycles. The molecule has 2 rings (SSSR count). The summed E-state index contributed by atoms with van der Waals surface area (Å²) in [4.78, 5) is 6.63. The second-order valence-corrected chi connectivity index (χ2v) is 4.77. The zero-order chi connectivity index (χ0) is 13.1. The summed E-state index contributed by atoms with van der Waals surface area (Å²) < 4.78 is 0.833. The van der Waals surface area contributed by atoms with E-state index in [0.717, 1.165) is 10.2 Å². The van der Waals surface area contributed by atoms with Gasteiger partial charge in [0.1, 0.15) is 6.10 Å². The van der Waals surface area contributed by atoms with Gasteiger partial charge in [-0.25, -0.2) is 4.98 Å². The van der Waals surface area contributed by atoms with E-state index in [1.807, 2.05) is 0 Å². The Morgan fingerprint density at radius 3 is 3.00 bits per heavy atom. The van der Waals surface area contributed by atoms with Gasteiger partial charge in [0.05, 0.1) is 22.9 Å². The van der Waals surface area contributed by atoms with Gasteiger partial charge in [0, 0.05) is 4.91 Å². The molecular weight excluding hydrogens is 254 g/mol. The first-order valence-electron chi connectivity index (χ1n) is 5.15. The minimum absolute atomic E-state index is 0.180. The van der Waals surface area contributed by atoms with Crippen molar-refractivity contribution in [2.45, 2.75) is 12.2 Å². The molecule has 94 valence electrons. The van der Waals surface area contributed by atoms with Gasteiger partial charge in [0.15, 0.2) is 5.13 Å². The summed E-state index contributed by atoms with van der Waals surface area (Å²) in [6.45, 7) is -0.180. The standard InChI is InChI=1S/C10H11N5O2S/c11-10-14-6-2-1-5(3-8(6)18-10)9(17)7(16)4-13-15-12/h1-3,7,9,16-17H,4H2,(H2,11,14). The summed E-state index contributed by atoms with van der Waals surface area (Å²) in [5.74, 6) is 0. The van der Waals surface area contributed by atoms with Crippen LogP contribution in [0.25, 0.3) is 20.7 Å². The lowest BCUT2D eigenvalue weighted by atomic mass is 10.0. The Bertz CT molecular complexity index is 607. The molecule has 0 amide bonds. The summed E-state index contributed by atoms with van der Waals surface area (Å²) in [5, 5.41) is 23.2. The van der Waals surface area contributed by atoms with Crippen LogP contribution in [0, 0.1) is 0 Å². The number of fused-ring (bicyclic) bond motifs is 1. The van der Waals surface area contributed by atoms with E-state index in [0.29, 0.717) is 10.7 Å². The Labute approximate surface area is 106 Å². The number of aromatic nitrogens is 1. The van der Waals surface area contributed by atoms with Gasteiger partial charge < -0.3 is 15.9 Å². The zero-order valence-corrected chi connectivity index (χ0v) is 10.1. The van der Waals surface area contributed by atoms with Crippen molar-refractivity contribution in [1.82, 2.24) is 4.98 Å². The molecule has 8 heteroatoms. The van der Waals surface area contributed by atoms with E-state index in [1.165, 1.54) is 11.3 Å². The van der Waals surface area contributed by atoms with Crippen LogP contribution in [0.5, 0.6) is 0 Å². The topological polar surface area (TPSA) is 128 Å². The van der Waals surface area contributed by atoms with Crippen molar-refractivity contribution in [3.05, 3.63) is 34.2 Å². The fourth-order valence-corrected chi connectivity index (χ4v) is 2.37. The van der Waals surface area contributed by atoms with Gasteiger partial charge in [0.2, 0.25) is 0 Å². The molecule has 0 aliphatic carbocycles. The summed E-state index contributed by atoms with van der Waals surface area (Å²) in [7, 11) is 0. The quantitative estimate of drug-likeness (QED) is 0.440. The molecule has 2 unspecified atom stereocenters. The number of thiazole rings is 1. The van der Waals surface area contributed by atoms with Gasteiger partial charge in [-0.3, -0.25) is 0 Å². The Morgan fingerprint density at radius 2 is 2.28 bits per heavy atom. The number of azide groups is 1. The second-order valence-electron chi connectivity index (χ2n) is 3.70. The highest BCUT2D eigenvalue weighted by Crippen LogP contribution is 2.27.